The number of aromatic amines is 2. The van der Waals surface area contributed by atoms with Crippen molar-refractivity contribution in [2.45, 2.75) is 43.4 Å². The van der Waals surface area contributed by atoms with Gasteiger partial charge in [0.25, 0.3) is 0 Å². The Labute approximate surface area is 269 Å². The Morgan fingerprint density at radius 2 is 1.15 bits per heavy atom. The van der Waals surface area contributed by atoms with Gasteiger partial charge in [0.05, 0.1) is 12.6 Å². The molecule has 0 radical (unpaired) electrons. The number of carbonyl (C=O) groups excluding carboxylic acids is 3. The highest BCUT2D eigenvalue weighted by molar-refractivity contribution is 5.95. The van der Waals surface area contributed by atoms with Gasteiger partial charge in [-0.2, -0.15) is 0 Å². The minimum Gasteiger partial charge on any atom is -0.508 e. The lowest BCUT2D eigenvalue weighted by atomic mass is 10.0. The van der Waals surface area contributed by atoms with E-state index in [0.29, 0.717) is 16.7 Å². The van der Waals surface area contributed by atoms with Gasteiger partial charge in [-0.15, -0.1) is 0 Å². The van der Waals surface area contributed by atoms with Gasteiger partial charge < -0.3 is 47.0 Å². The number of aromatic nitrogens is 2. The van der Waals surface area contributed by atoms with E-state index in [2.05, 4.69) is 25.9 Å². The number of aliphatic hydroxyl groups is 1. The molecule has 0 fully saturated rings. The molecule has 3 aromatic carbocycles. The summed E-state index contributed by atoms with van der Waals surface area (Å²) in [5, 5.41) is 38.7. The Morgan fingerprint density at radius 1 is 0.660 bits per heavy atom. The van der Waals surface area contributed by atoms with Gasteiger partial charge >= 0.3 is 5.97 Å². The molecular formula is C34H36N6O7. The number of aliphatic hydroxyl groups excluding tert-OH is 1. The van der Waals surface area contributed by atoms with Crippen LogP contribution in [0, 0.1) is 0 Å². The molecular weight excluding hydrogens is 604 g/mol. The Bertz CT molecular complexity index is 1880. The van der Waals surface area contributed by atoms with Crippen LogP contribution in [0.5, 0.6) is 5.75 Å². The molecule has 13 heteroatoms. The number of hydrogen-bond acceptors (Lipinski definition) is 7. The number of H-pyrrole nitrogens is 2. The molecule has 47 heavy (non-hydrogen) atoms. The van der Waals surface area contributed by atoms with Gasteiger partial charge in [0, 0.05) is 47.0 Å². The summed E-state index contributed by atoms with van der Waals surface area (Å²) >= 11 is 0. The minimum absolute atomic E-state index is 0.0204. The van der Waals surface area contributed by atoms with E-state index in [1.807, 2.05) is 48.5 Å². The van der Waals surface area contributed by atoms with Crippen molar-refractivity contribution in [3.05, 3.63) is 102 Å². The van der Waals surface area contributed by atoms with Crippen LogP contribution < -0.4 is 21.7 Å². The summed E-state index contributed by atoms with van der Waals surface area (Å²) in [6.45, 7) is -0.788. The van der Waals surface area contributed by atoms with Crippen LogP contribution >= 0.6 is 0 Å². The summed E-state index contributed by atoms with van der Waals surface area (Å²) in [7, 11) is 0. The highest BCUT2D eigenvalue weighted by Gasteiger charge is 2.31. The number of amides is 3. The molecule has 5 aromatic rings. The quantitative estimate of drug-likeness (QED) is 0.0857. The van der Waals surface area contributed by atoms with Crippen LogP contribution in [0.3, 0.4) is 0 Å². The number of phenols is 1. The number of carboxylic acids is 1. The average molecular weight is 641 g/mol. The highest BCUT2D eigenvalue weighted by atomic mass is 16.4. The van der Waals surface area contributed by atoms with Gasteiger partial charge in [-0.3, -0.25) is 14.4 Å². The van der Waals surface area contributed by atoms with E-state index in [-0.39, 0.29) is 25.0 Å². The molecule has 0 bridgehead atoms. The second kappa shape index (κ2) is 14.6. The zero-order valence-corrected chi connectivity index (χ0v) is 25.3. The van der Waals surface area contributed by atoms with Crippen molar-refractivity contribution < 1.29 is 34.5 Å². The monoisotopic (exact) mass is 640 g/mol. The number of aromatic hydroxyl groups is 1. The van der Waals surface area contributed by atoms with Gasteiger partial charge in [0.1, 0.15) is 23.9 Å². The van der Waals surface area contributed by atoms with Crippen molar-refractivity contribution in [1.29, 1.82) is 0 Å². The largest absolute Gasteiger partial charge is 0.508 e. The third-order valence-electron chi connectivity index (χ3n) is 7.99. The zero-order valence-electron chi connectivity index (χ0n) is 25.3. The third kappa shape index (κ3) is 7.95. The molecule has 0 saturated heterocycles. The molecule has 13 nitrogen and oxygen atoms in total. The fourth-order valence-electron chi connectivity index (χ4n) is 5.45. The number of fused-ring (bicyclic) bond motifs is 2. The van der Waals surface area contributed by atoms with Crippen LogP contribution in [-0.4, -0.2) is 79.8 Å². The summed E-state index contributed by atoms with van der Waals surface area (Å²) in [6.07, 6.45) is 3.45. The van der Waals surface area contributed by atoms with Crippen LogP contribution in [0.15, 0.2) is 85.2 Å². The molecule has 0 aliphatic rings. The van der Waals surface area contributed by atoms with Crippen molar-refractivity contribution >= 4 is 45.5 Å². The molecule has 3 amide bonds. The maximum absolute atomic E-state index is 13.7. The number of nitrogens with one attached hydrogen (secondary N) is 5. The smallest absolute Gasteiger partial charge is 0.326 e. The van der Waals surface area contributed by atoms with E-state index in [1.54, 1.807) is 24.5 Å². The minimum atomic E-state index is -1.45. The fourth-order valence-corrected chi connectivity index (χ4v) is 5.45. The number of rotatable bonds is 14. The summed E-state index contributed by atoms with van der Waals surface area (Å²) in [5.74, 6) is -3.54. The van der Waals surface area contributed by atoms with Crippen molar-refractivity contribution in [3.63, 3.8) is 0 Å². The molecule has 0 saturated carbocycles. The van der Waals surface area contributed by atoms with Gasteiger partial charge in [-0.25, -0.2) is 4.79 Å². The van der Waals surface area contributed by atoms with E-state index >= 15 is 0 Å². The first kappa shape index (κ1) is 32.7. The van der Waals surface area contributed by atoms with Gasteiger partial charge in [0.15, 0.2) is 0 Å². The van der Waals surface area contributed by atoms with Crippen molar-refractivity contribution in [3.8, 4) is 5.75 Å². The lowest BCUT2D eigenvalue weighted by Gasteiger charge is -2.24. The third-order valence-corrected chi connectivity index (χ3v) is 7.99. The first-order valence-corrected chi connectivity index (χ1v) is 15.0. The topological polar surface area (TPSA) is 223 Å². The summed E-state index contributed by atoms with van der Waals surface area (Å²) < 4.78 is 0. The Balaban J connectivity index is 1.32. The summed E-state index contributed by atoms with van der Waals surface area (Å²) in [6, 6.07) is 15.8. The first-order chi connectivity index (χ1) is 22.6. The average Bonchev–Trinajstić information content (AvgIpc) is 3.67. The predicted molar refractivity (Wildman–Crippen MR) is 174 cm³/mol. The van der Waals surface area contributed by atoms with Gasteiger partial charge in [0.2, 0.25) is 17.7 Å². The number of aliphatic carboxylic acids is 1. The lowest BCUT2D eigenvalue weighted by Crippen LogP contribution is -2.58. The standard InChI is InChI=1S/C34H36N6O7/c35-25(13-19-9-11-22(42)12-10-19)31(43)40-30(18-41)33(45)38-28(14-20-16-36-26-7-3-1-5-23(20)26)32(44)39-29(34(46)47)15-21-17-37-27-8-4-2-6-24(21)27/h1-12,16-17,25,28-30,36-37,41-42H,13-15,18,35H2,(H,38,45)(H,39,44)(H,40,43)(H,46,47). The van der Waals surface area contributed by atoms with E-state index < -0.39 is 54.5 Å². The van der Waals surface area contributed by atoms with Crippen LogP contribution in [0.4, 0.5) is 0 Å². The number of benzene rings is 3. The van der Waals surface area contributed by atoms with Crippen LogP contribution in [0.1, 0.15) is 16.7 Å². The zero-order chi connectivity index (χ0) is 33.5. The number of carboxylic acid groups (broad SMARTS) is 1. The highest BCUT2D eigenvalue weighted by Crippen LogP contribution is 2.21. The van der Waals surface area contributed by atoms with Crippen molar-refractivity contribution in [1.82, 2.24) is 25.9 Å². The molecule has 10 N–H and O–H groups in total. The van der Waals surface area contributed by atoms with Gasteiger partial charge in [-0.05, 0) is 47.4 Å². The van der Waals surface area contributed by atoms with Crippen LogP contribution in [0.25, 0.3) is 21.8 Å². The molecule has 4 unspecified atom stereocenters. The number of nitrogens with two attached hydrogens (primary N) is 1. The molecule has 2 heterocycles. The van der Waals surface area contributed by atoms with E-state index in [9.17, 15) is 34.5 Å². The van der Waals surface area contributed by atoms with Crippen molar-refractivity contribution in [2.24, 2.45) is 5.73 Å². The van der Waals surface area contributed by atoms with Crippen LogP contribution in [0.2, 0.25) is 0 Å². The number of para-hydroxylation sites is 2. The molecule has 2 aromatic heterocycles. The number of carbonyl (C=O) groups is 4. The first-order valence-electron chi connectivity index (χ1n) is 15.0. The maximum Gasteiger partial charge on any atom is 0.326 e. The normalized spacial score (nSPS) is 13.8. The molecule has 0 aliphatic heterocycles. The Hall–Kier alpha value is -5.66. The molecule has 244 valence electrons. The molecule has 0 spiro atoms. The van der Waals surface area contributed by atoms with E-state index in [0.717, 1.165) is 21.8 Å². The SMILES string of the molecule is NC(Cc1ccc(O)cc1)C(=O)NC(CO)C(=O)NC(Cc1c[nH]c2ccccc12)C(=O)NC(Cc1c[nH]c2ccccc12)C(=O)O. The van der Waals surface area contributed by atoms with E-state index in [1.165, 1.54) is 12.1 Å². The number of hydrogen-bond donors (Lipinski definition) is 9. The van der Waals surface area contributed by atoms with Crippen molar-refractivity contribution in [2.75, 3.05) is 6.61 Å². The molecule has 0 aliphatic carbocycles. The Morgan fingerprint density at radius 3 is 1.70 bits per heavy atom. The van der Waals surface area contributed by atoms with E-state index in [4.69, 9.17) is 5.73 Å². The molecule has 4 atom stereocenters. The predicted octanol–water partition coefficient (Wildman–Crippen LogP) is 1.24. The summed E-state index contributed by atoms with van der Waals surface area (Å²) in [4.78, 5) is 58.5. The fraction of sp³-hybridized carbons (Fsp3) is 0.235. The number of phenolic OH excluding ortho intramolecular Hbond substituents is 1. The lowest BCUT2D eigenvalue weighted by molar-refractivity contribution is -0.142. The van der Waals surface area contributed by atoms with Crippen LogP contribution in [-0.2, 0) is 38.4 Å². The second-order valence-electron chi connectivity index (χ2n) is 11.3. The maximum atomic E-state index is 13.7. The van der Waals surface area contributed by atoms with Gasteiger partial charge in [-0.1, -0.05) is 48.5 Å². The summed E-state index contributed by atoms with van der Waals surface area (Å²) in [5.41, 5.74) is 9.72. The second-order valence-corrected chi connectivity index (χ2v) is 11.3. The Kier molecular flexibility index (Phi) is 10.2. The molecule has 5 rings (SSSR count).